The lowest BCUT2D eigenvalue weighted by atomic mass is 9.85. The predicted molar refractivity (Wildman–Crippen MR) is 172 cm³/mol. The highest BCUT2D eigenvalue weighted by Gasteiger charge is 2.44. The summed E-state index contributed by atoms with van der Waals surface area (Å²) < 4.78 is 0.0785. The average Bonchev–Trinajstić information content (AvgIpc) is 3.17. The molecule has 1 nitrogen and oxygen atoms in total. The normalized spacial score (nSPS) is 16.2. The largest absolute Gasteiger partial charge is 0.270 e. The molecule has 0 saturated carbocycles. The maximum Gasteiger partial charge on any atom is 0.0990 e. The minimum Gasteiger partial charge on any atom is -0.270 e. The molecule has 0 spiro atoms. The van der Waals surface area contributed by atoms with Gasteiger partial charge in [0.1, 0.15) is 0 Å². The molecular weight excluding hydrogens is 490 g/mol. The molecule has 1 aliphatic heterocycles. The van der Waals surface area contributed by atoms with Crippen LogP contribution in [-0.4, -0.2) is 15.3 Å². The summed E-state index contributed by atoms with van der Waals surface area (Å²) in [6.45, 7) is 9.05. The zero-order valence-electron chi connectivity index (χ0n) is 22.8. The van der Waals surface area contributed by atoms with E-state index in [0.717, 1.165) is 5.04 Å². The zero-order valence-corrected chi connectivity index (χ0v) is 23.6. The van der Waals surface area contributed by atoms with E-state index in [1.807, 2.05) is 11.8 Å². The van der Waals surface area contributed by atoms with Crippen molar-refractivity contribution in [3.05, 3.63) is 121 Å². The first-order valence-corrected chi connectivity index (χ1v) is 14.5. The molecule has 6 aromatic rings. The van der Waals surface area contributed by atoms with Crippen LogP contribution in [0.2, 0.25) is 0 Å². The topological polar surface area (TPSA) is 12.4 Å². The molecule has 0 fully saturated rings. The van der Waals surface area contributed by atoms with E-state index in [9.17, 15) is 0 Å². The van der Waals surface area contributed by atoms with Crippen molar-refractivity contribution in [2.45, 2.75) is 38.0 Å². The Labute approximate surface area is 234 Å². The van der Waals surface area contributed by atoms with Crippen molar-refractivity contribution in [1.29, 1.82) is 0 Å². The standard InChI is InChI=1S/C37H31NS/c1-36(2)37(3,4)39-35(38-36)28-21-19-25-22-27(20-18-26(25)23-28)34-31-16-10-8-14-29(31)33(24-12-6-5-7-13-24)30-15-9-11-17-32(30)34/h5-23H,1-4H3. The van der Waals surface area contributed by atoms with E-state index in [1.165, 1.54) is 60.1 Å². The summed E-state index contributed by atoms with van der Waals surface area (Å²) in [4.78, 5) is 5.10. The van der Waals surface area contributed by atoms with Gasteiger partial charge < -0.3 is 0 Å². The average molecular weight is 522 g/mol. The minimum absolute atomic E-state index is 0.0785. The number of benzene rings is 6. The van der Waals surface area contributed by atoms with E-state index in [-0.39, 0.29) is 10.3 Å². The molecule has 0 unspecified atom stereocenters. The summed E-state index contributed by atoms with van der Waals surface area (Å²) in [7, 11) is 0. The number of rotatable bonds is 3. The molecule has 0 amide bonds. The number of hydrogen-bond acceptors (Lipinski definition) is 2. The SMILES string of the molecule is CC1(C)N=C(c2ccc3cc(-c4c5ccccc5c(-c5ccccc5)c5ccccc45)ccc3c2)SC1(C)C. The lowest BCUT2D eigenvalue weighted by molar-refractivity contribution is 0.426. The van der Waals surface area contributed by atoms with Crippen molar-refractivity contribution >= 4 is 49.1 Å². The Kier molecular flexibility index (Phi) is 5.47. The maximum atomic E-state index is 5.10. The molecule has 0 atom stereocenters. The Bertz CT molecular complexity index is 1870. The molecule has 0 radical (unpaired) electrons. The lowest BCUT2D eigenvalue weighted by Crippen LogP contribution is -2.36. The Morgan fingerprint density at radius 3 is 1.46 bits per heavy atom. The van der Waals surface area contributed by atoms with E-state index in [4.69, 9.17) is 4.99 Å². The maximum absolute atomic E-state index is 5.10. The van der Waals surface area contributed by atoms with Crippen molar-refractivity contribution in [3.8, 4) is 22.3 Å². The van der Waals surface area contributed by atoms with Gasteiger partial charge in [-0.15, -0.1) is 0 Å². The summed E-state index contributed by atoms with van der Waals surface area (Å²) >= 11 is 1.89. The molecule has 7 rings (SSSR count). The van der Waals surface area contributed by atoms with Gasteiger partial charge in [0.15, 0.2) is 0 Å². The van der Waals surface area contributed by atoms with Gasteiger partial charge in [-0.2, -0.15) is 0 Å². The van der Waals surface area contributed by atoms with Crippen LogP contribution >= 0.6 is 11.8 Å². The Morgan fingerprint density at radius 2 is 0.949 bits per heavy atom. The van der Waals surface area contributed by atoms with E-state index in [0.29, 0.717) is 0 Å². The highest BCUT2D eigenvalue weighted by molar-refractivity contribution is 8.15. The molecule has 0 N–H and O–H groups in total. The molecule has 0 aliphatic carbocycles. The summed E-state index contributed by atoms with van der Waals surface area (Å²) in [5, 5.41) is 8.78. The summed E-state index contributed by atoms with van der Waals surface area (Å²) in [5.41, 5.74) is 6.23. The summed E-state index contributed by atoms with van der Waals surface area (Å²) in [6.07, 6.45) is 0. The monoisotopic (exact) mass is 521 g/mol. The molecule has 6 aromatic carbocycles. The fraction of sp³-hybridized carbons (Fsp3) is 0.162. The van der Waals surface area contributed by atoms with Crippen LogP contribution in [0.15, 0.2) is 120 Å². The number of aliphatic imine (C=N–C) groups is 1. The number of thioether (sulfide) groups is 1. The van der Waals surface area contributed by atoms with Gasteiger partial charge in [-0.1, -0.05) is 115 Å². The van der Waals surface area contributed by atoms with Crippen LogP contribution in [0.25, 0.3) is 54.6 Å². The van der Waals surface area contributed by atoms with Crippen molar-refractivity contribution in [2.75, 3.05) is 0 Å². The smallest absolute Gasteiger partial charge is 0.0990 e. The predicted octanol–water partition coefficient (Wildman–Crippen LogP) is 10.5. The molecule has 0 saturated heterocycles. The second-order valence-corrected chi connectivity index (χ2v) is 13.2. The molecule has 39 heavy (non-hydrogen) atoms. The first-order chi connectivity index (χ1) is 18.8. The fourth-order valence-corrected chi connectivity index (χ4v) is 7.09. The van der Waals surface area contributed by atoms with Crippen LogP contribution in [0.1, 0.15) is 33.3 Å². The van der Waals surface area contributed by atoms with Crippen LogP contribution in [0, 0.1) is 0 Å². The van der Waals surface area contributed by atoms with Gasteiger partial charge in [-0.05, 0) is 94.4 Å². The van der Waals surface area contributed by atoms with Crippen molar-refractivity contribution in [1.82, 2.24) is 0 Å². The van der Waals surface area contributed by atoms with Crippen LogP contribution in [0.5, 0.6) is 0 Å². The van der Waals surface area contributed by atoms with Crippen molar-refractivity contribution < 1.29 is 0 Å². The van der Waals surface area contributed by atoms with Crippen molar-refractivity contribution in [2.24, 2.45) is 4.99 Å². The molecule has 0 bridgehead atoms. The second-order valence-electron chi connectivity index (χ2n) is 11.6. The highest BCUT2D eigenvalue weighted by Crippen LogP contribution is 2.47. The Hall–Kier alpha value is -3.88. The summed E-state index contributed by atoms with van der Waals surface area (Å²) in [5.74, 6) is 0. The van der Waals surface area contributed by atoms with Gasteiger partial charge in [0, 0.05) is 10.3 Å². The second kappa shape index (κ2) is 8.83. The van der Waals surface area contributed by atoms with Crippen LogP contribution in [-0.2, 0) is 0 Å². The minimum atomic E-state index is -0.0835. The van der Waals surface area contributed by atoms with E-state index in [1.54, 1.807) is 0 Å². The number of nitrogens with zero attached hydrogens (tertiary/aromatic N) is 1. The third-order valence-electron chi connectivity index (χ3n) is 8.58. The molecule has 1 aliphatic rings. The van der Waals surface area contributed by atoms with Crippen LogP contribution in [0.3, 0.4) is 0 Å². The lowest BCUT2D eigenvalue weighted by Gasteiger charge is -2.30. The highest BCUT2D eigenvalue weighted by atomic mass is 32.2. The Morgan fingerprint density at radius 1 is 0.487 bits per heavy atom. The van der Waals surface area contributed by atoms with E-state index in [2.05, 4.69) is 143 Å². The van der Waals surface area contributed by atoms with Crippen molar-refractivity contribution in [3.63, 3.8) is 0 Å². The quantitative estimate of drug-likeness (QED) is 0.211. The van der Waals surface area contributed by atoms with Gasteiger partial charge in [0.2, 0.25) is 0 Å². The first-order valence-electron chi connectivity index (χ1n) is 13.6. The molecule has 1 heterocycles. The van der Waals surface area contributed by atoms with E-state index >= 15 is 0 Å². The van der Waals surface area contributed by atoms with Gasteiger partial charge in [-0.3, -0.25) is 4.99 Å². The molecule has 2 heteroatoms. The molecule has 190 valence electrons. The first kappa shape index (κ1) is 24.2. The Balaban J connectivity index is 1.42. The third-order valence-corrected chi connectivity index (χ3v) is 10.1. The van der Waals surface area contributed by atoms with Gasteiger partial charge in [-0.25, -0.2) is 0 Å². The number of fused-ring (bicyclic) bond motifs is 3. The summed E-state index contributed by atoms with van der Waals surface area (Å²) in [6, 6.07) is 42.2. The van der Waals surface area contributed by atoms with Gasteiger partial charge >= 0.3 is 0 Å². The number of hydrogen-bond donors (Lipinski definition) is 0. The third kappa shape index (κ3) is 3.89. The van der Waals surface area contributed by atoms with Crippen LogP contribution < -0.4 is 0 Å². The fourth-order valence-electron chi connectivity index (χ4n) is 5.79. The van der Waals surface area contributed by atoms with Gasteiger partial charge in [0.05, 0.1) is 10.6 Å². The van der Waals surface area contributed by atoms with Crippen LogP contribution in [0.4, 0.5) is 0 Å². The van der Waals surface area contributed by atoms with Gasteiger partial charge in [0.25, 0.3) is 0 Å². The zero-order chi connectivity index (χ0) is 26.8. The molecular formula is C37H31NS. The van der Waals surface area contributed by atoms with E-state index < -0.39 is 0 Å². The molecule has 0 aromatic heterocycles.